The van der Waals surface area contributed by atoms with Gasteiger partial charge in [0.05, 0.1) is 25.3 Å². The van der Waals surface area contributed by atoms with Gasteiger partial charge >= 0.3 is 6.61 Å². The molecule has 0 bridgehead atoms. The number of fused-ring (bicyclic) bond motifs is 1. The van der Waals surface area contributed by atoms with Crippen molar-refractivity contribution in [1.82, 2.24) is 0 Å². The predicted octanol–water partition coefficient (Wildman–Crippen LogP) is 1.36. The zero-order valence-corrected chi connectivity index (χ0v) is 17.2. The molecule has 0 spiro atoms. The van der Waals surface area contributed by atoms with Crippen LogP contribution >= 0.6 is 0 Å². The van der Waals surface area contributed by atoms with Crippen LogP contribution in [0.25, 0.3) is 0 Å². The normalized spacial score (nSPS) is 13.3. The first-order valence-corrected chi connectivity index (χ1v) is 9.77. The topological polar surface area (TPSA) is 137 Å². The van der Waals surface area contributed by atoms with Crippen molar-refractivity contribution in [2.24, 2.45) is 10.7 Å². The second-order valence-corrected chi connectivity index (χ2v) is 7.04. The molecule has 0 saturated heterocycles. The second-order valence-electron chi connectivity index (χ2n) is 7.04. The molecule has 1 aliphatic rings. The lowest BCUT2D eigenvalue weighted by Gasteiger charge is -2.25. The fraction of sp³-hybridized carbons (Fsp3) is 0.286. The van der Waals surface area contributed by atoms with Crippen molar-refractivity contribution < 1.29 is 37.7 Å². The Kier molecular flexibility index (Phi) is 7.51. The number of nitrogens with two attached hydrogens (primary N) is 1. The minimum absolute atomic E-state index is 0.346. The number of aliphatic hydroxyl groups is 2. The van der Waals surface area contributed by atoms with Crippen LogP contribution in [0.3, 0.4) is 0 Å². The third kappa shape index (κ3) is 5.79. The van der Waals surface area contributed by atoms with E-state index in [2.05, 4.69) is 15.0 Å². The van der Waals surface area contributed by atoms with Crippen molar-refractivity contribution in [3.05, 3.63) is 53.3 Å². The summed E-state index contributed by atoms with van der Waals surface area (Å²) in [7, 11) is 0. The molecule has 1 atom stereocenters. The maximum atomic E-state index is 13.7. The first kappa shape index (κ1) is 24.0. The zero-order valence-electron chi connectivity index (χ0n) is 17.2. The molecule has 2 aromatic carbocycles. The summed E-state index contributed by atoms with van der Waals surface area (Å²) in [6.45, 7) is -3.91. The number of alkyl halides is 2. The van der Waals surface area contributed by atoms with Gasteiger partial charge in [-0.2, -0.15) is 8.78 Å². The van der Waals surface area contributed by atoms with Crippen molar-refractivity contribution in [3.63, 3.8) is 0 Å². The molecule has 0 aromatic heterocycles. The number of ether oxygens (including phenoxy) is 1. The summed E-state index contributed by atoms with van der Waals surface area (Å²) >= 11 is 0. The molecule has 9 nitrogen and oxygen atoms in total. The molecule has 2 amide bonds. The molecule has 12 heteroatoms. The number of carbonyl (C=O) groups excluding carboxylic acids is 2. The van der Waals surface area contributed by atoms with Gasteiger partial charge in [-0.3, -0.25) is 14.6 Å². The fourth-order valence-corrected chi connectivity index (χ4v) is 3.28. The van der Waals surface area contributed by atoms with Crippen LogP contribution in [0.1, 0.15) is 17.5 Å². The minimum Gasteiger partial charge on any atom is -0.433 e. The summed E-state index contributed by atoms with van der Waals surface area (Å²) in [5.41, 5.74) is 7.22. The average molecular weight is 466 g/mol. The van der Waals surface area contributed by atoms with Crippen LogP contribution in [0.5, 0.6) is 5.75 Å². The van der Waals surface area contributed by atoms with Gasteiger partial charge in [0.15, 0.2) is 0 Å². The van der Waals surface area contributed by atoms with E-state index < -0.39 is 55.7 Å². The van der Waals surface area contributed by atoms with Crippen LogP contribution < -0.4 is 20.7 Å². The van der Waals surface area contributed by atoms with E-state index in [0.717, 1.165) is 34.2 Å². The molecule has 3 rings (SSSR count). The lowest BCUT2D eigenvalue weighted by atomic mass is 10.1. The minimum atomic E-state index is -3.25. The number of aliphatic hydroxyl groups excluding tert-OH is 2. The summed E-state index contributed by atoms with van der Waals surface area (Å²) in [5.74, 6) is -2.80. The van der Waals surface area contributed by atoms with Gasteiger partial charge in [-0.15, -0.1) is 0 Å². The summed E-state index contributed by atoms with van der Waals surface area (Å²) in [6, 6.07) is 7.38. The standard InChI is InChI=1S/C21H21F3N4O5/c22-12-1-4-17(33-21(23)24)15(8-12)28(5-6-29)18(31)9-16(30)20(32)27-13-2-3-14-11(7-13)10-26-19(14)25/h1-4,7-8,16,21,29-30H,5-6,9-10H2,(H2,25,26)(H,27,32)/t16-/m1/s1. The quantitative estimate of drug-likeness (QED) is 0.440. The van der Waals surface area contributed by atoms with Gasteiger partial charge in [0.25, 0.3) is 5.91 Å². The van der Waals surface area contributed by atoms with Crippen LogP contribution in [0.2, 0.25) is 0 Å². The lowest BCUT2D eigenvalue weighted by molar-refractivity contribution is -0.130. The number of nitrogens with zero attached hydrogens (tertiary/aromatic N) is 2. The number of benzene rings is 2. The molecule has 0 radical (unpaired) electrons. The molecule has 5 N–H and O–H groups in total. The molecule has 0 saturated carbocycles. The molecule has 2 aromatic rings. The van der Waals surface area contributed by atoms with Crippen molar-refractivity contribution in [3.8, 4) is 5.75 Å². The van der Waals surface area contributed by atoms with Crippen LogP contribution in [0.4, 0.5) is 24.5 Å². The van der Waals surface area contributed by atoms with E-state index in [0.29, 0.717) is 18.1 Å². The van der Waals surface area contributed by atoms with Crippen LogP contribution in [-0.2, 0) is 16.1 Å². The third-order valence-corrected chi connectivity index (χ3v) is 4.79. The highest BCUT2D eigenvalue weighted by atomic mass is 19.3. The number of hydrogen-bond donors (Lipinski definition) is 4. The monoisotopic (exact) mass is 466 g/mol. The number of carbonyl (C=O) groups is 2. The second kappa shape index (κ2) is 10.3. The number of anilines is 2. The molecule has 176 valence electrons. The number of nitrogens with one attached hydrogen (secondary N) is 1. The van der Waals surface area contributed by atoms with Crippen molar-refractivity contribution in [2.45, 2.75) is 25.7 Å². The Morgan fingerprint density at radius 3 is 2.70 bits per heavy atom. The predicted molar refractivity (Wildman–Crippen MR) is 113 cm³/mol. The first-order valence-electron chi connectivity index (χ1n) is 9.77. The molecule has 0 unspecified atom stereocenters. The molecule has 1 heterocycles. The van der Waals surface area contributed by atoms with Crippen LogP contribution in [0.15, 0.2) is 41.4 Å². The molecule has 1 aliphatic heterocycles. The summed E-state index contributed by atoms with van der Waals surface area (Å²) in [4.78, 5) is 29.9. The number of aliphatic imine (C=N–C) groups is 1. The van der Waals surface area contributed by atoms with E-state index in [1.54, 1.807) is 18.2 Å². The van der Waals surface area contributed by atoms with Gasteiger partial charge < -0.3 is 30.9 Å². The smallest absolute Gasteiger partial charge is 0.387 e. The summed E-state index contributed by atoms with van der Waals surface area (Å²) in [5, 5.41) is 22.0. The first-order chi connectivity index (χ1) is 15.7. The van der Waals surface area contributed by atoms with Crippen LogP contribution in [-0.4, -0.2) is 53.7 Å². The van der Waals surface area contributed by atoms with Gasteiger partial charge in [-0.25, -0.2) is 4.39 Å². The maximum Gasteiger partial charge on any atom is 0.387 e. The van der Waals surface area contributed by atoms with E-state index in [9.17, 15) is 33.0 Å². The Hall–Kier alpha value is -3.64. The van der Waals surface area contributed by atoms with Crippen molar-refractivity contribution in [2.75, 3.05) is 23.4 Å². The van der Waals surface area contributed by atoms with E-state index in [1.807, 2.05) is 0 Å². The number of hydrogen-bond acceptors (Lipinski definition) is 7. The highest BCUT2D eigenvalue weighted by Crippen LogP contribution is 2.31. The third-order valence-electron chi connectivity index (χ3n) is 4.79. The number of amides is 2. The Morgan fingerprint density at radius 2 is 2.00 bits per heavy atom. The molecule has 0 aliphatic carbocycles. The van der Waals surface area contributed by atoms with Gasteiger partial charge in [0.2, 0.25) is 5.91 Å². The molecular formula is C21H21F3N4O5. The number of amidine groups is 1. The highest BCUT2D eigenvalue weighted by Gasteiger charge is 2.27. The fourth-order valence-electron chi connectivity index (χ4n) is 3.28. The van der Waals surface area contributed by atoms with Crippen LogP contribution in [0, 0.1) is 5.82 Å². The number of rotatable bonds is 9. The van der Waals surface area contributed by atoms with Gasteiger partial charge in [-0.1, -0.05) is 0 Å². The molecule has 33 heavy (non-hydrogen) atoms. The summed E-state index contributed by atoms with van der Waals surface area (Å²) < 4.78 is 43.5. The van der Waals surface area contributed by atoms with Crippen molar-refractivity contribution >= 4 is 29.0 Å². The Morgan fingerprint density at radius 1 is 1.24 bits per heavy atom. The SMILES string of the molecule is NC1=NCc2cc(NC(=O)[C@H](O)CC(=O)N(CCO)c3cc(F)ccc3OC(F)F)ccc21. The van der Waals surface area contributed by atoms with E-state index >= 15 is 0 Å². The Labute approximate surface area is 186 Å². The van der Waals surface area contributed by atoms with Gasteiger partial charge in [0.1, 0.15) is 23.5 Å². The molecule has 0 fully saturated rings. The lowest BCUT2D eigenvalue weighted by Crippen LogP contribution is -2.39. The van der Waals surface area contributed by atoms with E-state index in [-0.39, 0.29) is 5.69 Å². The number of halogens is 3. The highest BCUT2D eigenvalue weighted by molar-refractivity contribution is 6.03. The largest absolute Gasteiger partial charge is 0.433 e. The average Bonchev–Trinajstić information content (AvgIpc) is 3.13. The molecular weight excluding hydrogens is 445 g/mol. The Balaban J connectivity index is 1.71. The Bertz CT molecular complexity index is 1080. The van der Waals surface area contributed by atoms with Crippen molar-refractivity contribution in [1.29, 1.82) is 0 Å². The van der Waals surface area contributed by atoms with Gasteiger partial charge in [-0.05, 0) is 35.9 Å². The maximum absolute atomic E-state index is 13.7. The van der Waals surface area contributed by atoms with E-state index in [4.69, 9.17) is 5.73 Å². The zero-order chi connectivity index (χ0) is 24.1. The summed E-state index contributed by atoms with van der Waals surface area (Å²) in [6.07, 6.45) is -2.58. The van der Waals surface area contributed by atoms with Gasteiger partial charge in [0, 0.05) is 23.9 Å². The van der Waals surface area contributed by atoms with E-state index in [1.165, 1.54) is 0 Å².